The van der Waals surface area contributed by atoms with Crippen LogP contribution in [0.25, 0.3) is 0 Å². The number of nitrogens with one attached hydrogen (secondary N) is 1. The molecule has 0 amide bonds. The number of hydrogen-bond donors (Lipinski definition) is 1. The summed E-state index contributed by atoms with van der Waals surface area (Å²) in [6.45, 7) is 3.67. The van der Waals surface area contributed by atoms with Gasteiger partial charge < -0.3 is 10.1 Å². The van der Waals surface area contributed by atoms with Crippen molar-refractivity contribution < 1.29 is 4.74 Å². The van der Waals surface area contributed by atoms with Crippen LogP contribution in [0.15, 0.2) is 48.5 Å². The first-order valence-electron chi connectivity index (χ1n) is 6.72. The van der Waals surface area contributed by atoms with Gasteiger partial charge in [-0.25, -0.2) is 0 Å². The van der Waals surface area contributed by atoms with Crippen molar-refractivity contribution in [3.8, 4) is 0 Å². The predicted octanol–water partition coefficient (Wildman–Crippen LogP) is 4.01. The van der Waals surface area contributed by atoms with Crippen molar-refractivity contribution in [2.45, 2.75) is 26.5 Å². The van der Waals surface area contributed by atoms with Crippen LogP contribution in [0.4, 0.5) is 5.69 Å². The molecule has 0 heterocycles. The highest BCUT2D eigenvalue weighted by molar-refractivity contribution is 5.51. The Kier molecular flexibility index (Phi) is 4.99. The molecule has 0 saturated heterocycles. The van der Waals surface area contributed by atoms with Crippen LogP contribution in [0.1, 0.15) is 23.6 Å². The zero-order valence-corrected chi connectivity index (χ0v) is 11.6. The van der Waals surface area contributed by atoms with Crippen LogP contribution in [0, 0.1) is 0 Å². The lowest BCUT2D eigenvalue weighted by Gasteiger charge is -2.13. The summed E-state index contributed by atoms with van der Waals surface area (Å²) < 4.78 is 5.24. The largest absolute Gasteiger partial charge is 0.381 e. The summed E-state index contributed by atoms with van der Waals surface area (Å²) in [5, 5.41) is 3.52. The molecule has 0 atom stereocenters. The third-order valence-electron chi connectivity index (χ3n) is 3.29. The number of aryl methyl sites for hydroxylation is 1. The lowest BCUT2D eigenvalue weighted by Crippen LogP contribution is -2.05. The van der Waals surface area contributed by atoms with Crippen molar-refractivity contribution in [2.24, 2.45) is 0 Å². The molecule has 2 nitrogen and oxygen atoms in total. The highest BCUT2D eigenvalue weighted by Crippen LogP contribution is 2.18. The monoisotopic (exact) mass is 255 g/mol. The van der Waals surface area contributed by atoms with Crippen molar-refractivity contribution in [3.05, 3.63) is 65.2 Å². The Labute approximate surface area is 115 Å². The molecule has 0 spiro atoms. The van der Waals surface area contributed by atoms with Crippen molar-refractivity contribution in [3.63, 3.8) is 0 Å². The summed E-state index contributed by atoms with van der Waals surface area (Å²) in [5.41, 5.74) is 5.10. The van der Waals surface area contributed by atoms with Gasteiger partial charge in [-0.2, -0.15) is 0 Å². The average Bonchev–Trinajstić information content (AvgIpc) is 2.47. The fourth-order valence-electron chi connectivity index (χ4n) is 2.22. The summed E-state index contributed by atoms with van der Waals surface area (Å²) in [4.78, 5) is 0. The van der Waals surface area contributed by atoms with E-state index in [1.165, 1.54) is 22.4 Å². The minimum absolute atomic E-state index is 0.660. The van der Waals surface area contributed by atoms with Crippen molar-refractivity contribution in [1.29, 1.82) is 0 Å². The summed E-state index contributed by atoms with van der Waals surface area (Å²) in [6, 6.07) is 16.9. The number of para-hydroxylation sites is 1. The molecule has 0 fully saturated rings. The molecule has 1 N–H and O–H groups in total. The third kappa shape index (κ3) is 3.58. The fraction of sp³-hybridized carbons (Fsp3) is 0.294. The zero-order chi connectivity index (χ0) is 13.5. The van der Waals surface area contributed by atoms with E-state index in [0.29, 0.717) is 6.61 Å². The molecule has 0 radical (unpaired) electrons. The maximum absolute atomic E-state index is 5.24. The highest BCUT2D eigenvalue weighted by atomic mass is 16.5. The standard InChI is InChI=1S/C17H21NO/c1-3-14-8-6-7-11-17(14)18-12-15-9-4-5-10-16(15)13-19-2/h4-11,18H,3,12-13H2,1-2H3. The molecule has 0 aliphatic carbocycles. The van der Waals surface area contributed by atoms with Gasteiger partial charge in [0.15, 0.2) is 0 Å². The molecule has 2 aromatic rings. The van der Waals surface area contributed by atoms with E-state index < -0.39 is 0 Å². The highest BCUT2D eigenvalue weighted by Gasteiger charge is 2.03. The second kappa shape index (κ2) is 6.95. The van der Waals surface area contributed by atoms with Crippen LogP contribution in [-0.4, -0.2) is 7.11 Å². The molecule has 0 aromatic heterocycles. The number of hydrogen-bond acceptors (Lipinski definition) is 2. The summed E-state index contributed by atoms with van der Waals surface area (Å²) in [7, 11) is 1.73. The van der Waals surface area contributed by atoms with Crippen LogP contribution in [0.5, 0.6) is 0 Å². The van der Waals surface area contributed by atoms with E-state index in [-0.39, 0.29) is 0 Å². The van der Waals surface area contributed by atoms with Gasteiger partial charge in [-0.05, 0) is 29.2 Å². The summed E-state index contributed by atoms with van der Waals surface area (Å²) in [6.07, 6.45) is 1.04. The van der Waals surface area contributed by atoms with Crippen LogP contribution >= 0.6 is 0 Å². The lowest BCUT2D eigenvalue weighted by atomic mass is 10.1. The minimum Gasteiger partial charge on any atom is -0.381 e. The van der Waals surface area contributed by atoms with E-state index >= 15 is 0 Å². The quantitative estimate of drug-likeness (QED) is 0.842. The fourth-order valence-corrected chi connectivity index (χ4v) is 2.22. The Balaban J connectivity index is 2.10. The molecule has 100 valence electrons. The lowest BCUT2D eigenvalue weighted by molar-refractivity contribution is 0.184. The number of ether oxygens (including phenoxy) is 1. The number of anilines is 1. The number of methoxy groups -OCH3 is 1. The van der Waals surface area contributed by atoms with Gasteiger partial charge in [0.05, 0.1) is 6.61 Å². The molecular formula is C17H21NO. The molecule has 2 aromatic carbocycles. The normalized spacial score (nSPS) is 10.4. The Bertz CT molecular complexity index is 522. The van der Waals surface area contributed by atoms with Gasteiger partial charge in [0.1, 0.15) is 0 Å². The molecule has 0 bridgehead atoms. The maximum atomic E-state index is 5.24. The first-order chi connectivity index (χ1) is 9.35. The van der Waals surface area contributed by atoms with E-state index in [1.807, 2.05) is 0 Å². The van der Waals surface area contributed by atoms with Crippen LogP contribution in [0.2, 0.25) is 0 Å². The van der Waals surface area contributed by atoms with Gasteiger partial charge in [0, 0.05) is 19.3 Å². The molecule has 0 saturated carbocycles. The molecular weight excluding hydrogens is 234 g/mol. The van der Waals surface area contributed by atoms with E-state index in [1.54, 1.807) is 7.11 Å². The van der Waals surface area contributed by atoms with E-state index in [4.69, 9.17) is 4.74 Å². The van der Waals surface area contributed by atoms with Crippen molar-refractivity contribution in [2.75, 3.05) is 12.4 Å². The molecule has 0 aliphatic heterocycles. The van der Waals surface area contributed by atoms with Crippen LogP contribution < -0.4 is 5.32 Å². The topological polar surface area (TPSA) is 21.3 Å². The molecule has 0 aliphatic rings. The second-order valence-electron chi connectivity index (χ2n) is 4.57. The summed E-state index contributed by atoms with van der Waals surface area (Å²) in [5.74, 6) is 0. The number of rotatable bonds is 6. The van der Waals surface area contributed by atoms with Gasteiger partial charge in [0.2, 0.25) is 0 Å². The number of benzene rings is 2. The molecule has 2 heteroatoms. The Morgan fingerprint density at radius 3 is 2.21 bits per heavy atom. The maximum Gasteiger partial charge on any atom is 0.0716 e. The van der Waals surface area contributed by atoms with Crippen molar-refractivity contribution in [1.82, 2.24) is 0 Å². The van der Waals surface area contributed by atoms with Crippen molar-refractivity contribution >= 4 is 5.69 Å². The Morgan fingerprint density at radius 2 is 1.53 bits per heavy atom. The van der Waals surface area contributed by atoms with Gasteiger partial charge in [-0.15, -0.1) is 0 Å². The first kappa shape index (κ1) is 13.6. The molecule has 2 rings (SSSR count). The SMILES string of the molecule is CCc1ccccc1NCc1ccccc1COC. The Morgan fingerprint density at radius 1 is 0.895 bits per heavy atom. The smallest absolute Gasteiger partial charge is 0.0716 e. The van der Waals surface area contributed by atoms with Gasteiger partial charge in [0.25, 0.3) is 0 Å². The Hall–Kier alpha value is -1.80. The van der Waals surface area contributed by atoms with Crippen LogP contribution in [0.3, 0.4) is 0 Å². The van der Waals surface area contributed by atoms with Gasteiger partial charge in [-0.1, -0.05) is 49.4 Å². The van der Waals surface area contributed by atoms with E-state index in [0.717, 1.165) is 13.0 Å². The van der Waals surface area contributed by atoms with Gasteiger partial charge in [-0.3, -0.25) is 0 Å². The zero-order valence-electron chi connectivity index (χ0n) is 11.6. The molecule has 19 heavy (non-hydrogen) atoms. The van der Waals surface area contributed by atoms with E-state index in [9.17, 15) is 0 Å². The summed E-state index contributed by atoms with van der Waals surface area (Å²) >= 11 is 0. The average molecular weight is 255 g/mol. The second-order valence-corrected chi connectivity index (χ2v) is 4.57. The predicted molar refractivity (Wildman–Crippen MR) is 80.3 cm³/mol. The first-order valence-corrected chi connectivity index (χ1v) is 6.72. The third-order valence-corrected chi connectivity index (χ3v) is 3.29. The minimum atomic E-state index is 0.660. The molecule has 0 unspecified atom stereocenters. The van der Waals surface area contributed by atoms with E-state index in [2.05, 4.69) is 60.8 Å². The van der Waals surface area contributed by atoms with Crippen LogP contribution in [-0.2, 0) is 24.3 Å². The van der Waals surface area contributed by atoms with Gasteiger partial charge >= 0.3 is 0 Å².